The Morgan fingerprint density at radius 3 is 2.68 bits per heavy atom. The topological polar surface area (TPSA) is 50.9 Å². The molecule has 102 valence electrons. The lowest BCUT2D eigenvalue weighted by Gasteiger charge is -2.15. The van der Waals surface area contributed by atoms with Crippen molar-refractivity contribution in [2.24, 2.45) is 5.73 Å². The number of aryl methyl sites for hydroxylation is 1. The molecule has 0 saturated carbocycles. The SMILES string of the molecule is Cc1csc(C(C)NCCC(N)c2ccccc2)n1. The summed E-state index contributed by atoms with van der Waals surface area (Å²) in [4.78, 5) is 4.49. The Morgan fingerprint density at radius 1 is 1.32 bits per heavy atom. The van der Waals surface area contributed by atoms with Crippen LogP contribution in [0.5, 0.6) is 0 Å². The van der Waals surface area contributed by atoms with Gasteiger partial charge in [-0.1, -0.05) is 30.3 Å². The van der Waals surface area contributed by atoms with Crippen LogP contribution in [-0.2, 0) is 0 Å². The molecule has 0 radical (unpaired) electrons. The van der Waals surface area contributed by atoms with Crippen molar-refractivity contribution in [2.75, 3.05) is 6.54 Å². The number of rotatable bonds is 6. The van der Waals surface area contributed by atoms with E-state index < -0.39 is 0 Å². The second-order valence-electron chi connectivity index (χ2n) is 4.81. The first kappa shape index (κ1) is 14.2. The van der Waals surface area contributed by atoms with E-state index in [1.807, 2.05) is 25.1 Å². The van der Waals surface area contributed by atoms with Crippen LogP contribution in [-0.4, -0.2) is 11.5 Å². The first-order valence-electron chi connectivity index (χ1n) is 6.62. The number of nitrogens with two attached hydrogens (primary N) is 1. The molecule has 0 aliphatic carbocycles. The highest BCUT2D eigenvalue weighted by atomic mass is 32.1. The third-order valence-corrected chi connectivity index (χ3v) is 4.29. The molecule has 0 saturated heterocycles. The first-order chi connectivity index (χ1) is 9.16. The number of hydrogen-bond donors (Lipinski definition) is 2. The van der Waals surface area contributed by atoms with Gasteiger partial charge >= 0.3 is 0 Å². The van der Waals surface area contributed by atoms with Crippen LogP contribution in [0, 0.1) is 6.92 Å². The Kier molecular flexibility index (Phi) is 5.07. The van der Waals surface area contributed by atoms with Crippen molar-refractivity contribution in [1.82, 2.24) is 10.3 Å². The van der Waals surface area contributed by atoms with Gasteiger partial charge in [0.2, 0.25) is 0 Å². The van der Waals surface area contributed by atoms with E-state index in [9.17, 15) is 0 Å². The summed E-state index contributed by atoms with van der Waals surface area (Å²) in [5, 5.41) is 6.71. The van der Waals surface area contributed by atoms with Crippen molar-refractivity contribution in [3.63, 3.8) is 0 Å². The fraction of sp³-hybridized carbons (Fsp3) is 0.400. The molecule has 2 unspecified atom stereocenters. The fourth-order valence-electron chi connectivity index (χ4n) is 1.98. The summed E-state index contributed by atoms with van der Waals surface area (Å²) in [5.41, 5.74) is 8.46. The molecule has 1 aromatic heterocycles. The van der Waals surface area contributed by atoms with Gasteiger partial charge in [-0.05, 0) is 32.4 Å². The van der Waals surface area contributed by atoms with Gasteiger partial charge in [-0.2, -0.15) is 0 Å². The van der Waals surface area contributed by atoms with Crippen molar-refractivity contribution in [3.05, 3.63) is 52.0 Å². The maximum atomic E-state index is 6.17. The van der Waals surface area contributed by atoms with E-state index in [1.165, 1.54) is 5.56 Å². The maximum absolute atomic E-state index is 6.17. The Bertz CT molecular complexity index is 495. The van der Waals surface area contributed by atoms with Crippen molar-refractivity contribution in [2.45, 2.75) is 32.4 Å². The molecule has 2 rings (SSSR count). The molecule has 4 heteroatoms. The third-order valence-electron chi connectivity index (χ3n) is 3.14. The molecule has 0 fully saturated rings. The van der Waals surface area contributed by atoms with E-state index in [-0.39, 0.29) is 6.04 Å². The van der Waals surface area contributed by atoms with E-state index in [0.717, 1.165) is 23.7 Å². The zero-order valence-corrected chi connectivity index (χ0v) is 12.3. The van der Waals surface area contributed by atoms with E-state index in [1.54, 1.807) is 11.3 Å². The number of nitrogens with one attached hydrogen (secondary N) is 1. The lowest BCUT2D eigenvalue weighted by molar-refractivity contribution is 0.522. The predicted molar refractivity (Wildman–Crippen MR) is 81.3 cm³/mol. The molecule has 1 heterocycles. The standard InChI is InChI=1S/C15H21N3S/c1-11-10-19-15(18-11)12(2)17-9-8-14(16)13-6-4-3-5-7-13/h3-7,10,12,14,17H,8-9,16H2,1-2H3. The first-order valence-corrected chi connectivity index (χ1v) is 7.50. The van der Waals surface area contributed by atoms with Crippen LogP contribution in [0.1, 0.15) is 41.7 Å². The van der Waals surface area contributed by atoms with Crippen molar-refractivity contribution < 1.29 is 0 Å². The minimum atomic E-state index is 0.0962. The van der Waals surface area contributed by atoms with Gasteiger partial charge in [0.05, 0.1) is 6.04 Å². The van der Waals surface area contributed by atoms with Crippen LogP contribution in [0.2, 0.25) is 0 Å². The van der Waals surface area contributed by atoms with Crippen LogP contribution in [0.25, 0.3) is 0 Å². The monoisotopic (exact) mass is 275 g/mol. The van der Waals surface area contributed by atoms with Crippen LogP contribution in [0.3, 0.4) is 0 Å². The number of nitrogens with zero attached hydrogens (tertiary/aromatic N) is 1. The Labute approximate surface area is 118 Å². The second kappa shape index (κ2) is 6.80. The second-order valence-corrected chi connectivity index (χ2v) is 5.70. The highest BCUT2D eigenvalue weighted by Crippen LogP contribution is 2.18. The summed E-state index contributed by atoms with van der Waals surface area (Å²) >= 11 is 1.71. The number of benzene rings is 1. The number of aromatic nitrogens is 1. The Morgan fingerprint density at radius 2 is 2.05 bits per heavy atom. The van der Waals surface area contributed by atoms with E-state index in [2.05, 4.69) is 34.7 Å². The van der Waals surface area contributed by atoms with Crippen molar-refractivity contribution in [1.29, 1.82) is 0 Å². The summed E-state index contributed by atoms with van der Waals surface area (Å²) in [6, 6.07) is 10.6. The van der Waals surface area contributed by atoms with Gasteiger partial charge in [-0.3, -0.25) is 0 Å². The van der Waals surface area contributed by atoms with Crippen molar-refractivity contribution in [3.8, 4) is 0 Å². The predicted octanol–water partition coefficient (Wildman–Crippen LogP) is 3.19. The molecule has 0 aliphatic rings. The minimum Gasteiger partial charge on any atom is -0.324 e. The summed E-state index contributed by atoms with van der Waals surface area (Å²) < 4.78 is 0. The summed E-state index contributed by atoms with van der Waals surface area (Å²) in [6.45, 7) is 5.07. The smallest absolute Gasteiger partial charge is 0.110 e. The summed E-state index contributed by atoms with van der Waals surface area (Å²) in [5.74, 6) is 0. The number of hydrogen-bond acceptors (Lipinski definition) is 4. The van der Waals surface area contributed by atoms with E-state index in [4.69, 9.17) is 5.73 Å². The largest absolute Gasteiger partial charge is 0.324 e. The molecule has 0 bridgehead atoms. The average molecular weight is 275 g/mol. The maximum Gasteiger partial charge on any atom is 0.110 e. The Balaban J connectivity index is 1.77. The molecule has 0 spiro atoms. The van der Waals surface area contributed by atoms with E-state index >= 15 is 0 Å². The van der Waals surface area contributed by atoms with Crippen LogP contribution >= 0.6 is 11.3 Å². The Hall–Kier alpha value is -1.23. The molecule has 0 amide bonds. The summed E-state index contributed by atoms with van der Waals surface area (Å²) in [6.07, 6.45) is 0.929. The molecular weight excluding hydrogens is 254 g/mol. The van der Waals surface area contributed by atoms with Gasteiger partial charge in [0.15, 0.2) is 0 Å². The lowest BCUT2D eigenvalue weighted by Crippen LogP contribution is -2.23. The summed E-state index contributed by atoms with van der Waals surface area (Å²) in [7, 11) is 0. The molecular formula is C15H21N3S. The normalized spacial score (nSPS) is 14.3. The van der Waals surface area contributed by atoms with Gasteiger partial charge in [0.25, 0.3) is 0 Å². The average Bonchev–Trinajstić information content (AvgIpc) is 2.86. The van der Waals surface area contributed by atoms with Gasteiger partial charge in [-0.15, -0.1) is 11.3 Å². The lowest BCUT2D eigenvalue weighted by atomic mass is 10.0. The van der Waals surface area contributed by atoms with Gasteiger partial charge < -0.3 is 11.1 Å². The van der Waals surface area contributed by atoms with Crippen LogP contribution in [0.15, 0.2) is 35.7 Å². The molecule has 0 aliphatic heterocycles. The van der Waals surface area contributed by atoms with E-state index in [0.29, 0.717) is 6.04 Å². The highest BCUT2D eigenvalue weighted by Gasteiger charge is 2.10. The molecule has 19 heavy (non-hydrogen) atoms. The van der Waals surface area contributed by atoms with Crippen LogP contribution < -0.4 is 11.1 Å². The van der Waals surface area contributed by atoms with Gasteiger partial charge in [0.1, 0.15) is 5.01 Å². The highest BCUT2D eigenvalue weighted by molar-refractivity contribution is 7.09. The zero-order valence-electron chi connectivity index (χ0n) is 11.5. The molecule has 1 aromatic carbocycles. The molecule has 3 nitrogen and oxygen atoms in total. The molecule has 2 atom stereocenters. The quantitative estimate of drug-likeness (QED) is 0.851. The fourth-order valence-corrected chi connectivity index (χ4v) is 2.81. The van der Waals surface area contributed by atoms with Crippen LogP contribution in [0.4, 0.5) is 0 Å². The zero-order chi connectivity index (χ0) is 13.7. The molecule has 2 aromatic rings. The molecule has 3 N–H and O–H groups in total. The number of thiazole rings is 1. The van der Waals surface area contributed by atoms with Gasteiger partial charge in [-0.25, -0.2) is 4.98 Å². The minimum absolute atomic E-state index is 0.0962. The van der Waals surface area contributed by atoms with Gasteiger partial charge in [0, 0.05) is 17.1 Å². The third kappa shape index (κ3) is 4.13. The van der Waals surface area contributed by atoms with Crippen molar-refractivity contribution >= 4 is 11.3 Å².